The van der Waals surface area contributed by atoms with Crippen LogP contribution in [0.5, 0.6) is 5.75 Å². The maximum atomic E-state index is 13.7. The molecular formula is C28H31N4O8P. The minimum atomic E-state index is -4.18. The number of aromatic nitrogens is 3. The number of fused-ring (bicyclic) bond motifs is 1. The van der Waals surface area contributed by atoms with E-state index in [2.05, 4.69) is 15.1 Å². The zero-order chi connectivity index (χ0) is 29.0. The minimum absolute atomic E-state index is 0.142. The predicted octanol–water partition coefficient (Wildman–Crippen LogP) is 3.46. The molecule has 2 aromatic carbocycles. The largest absolute Gasteiger partial charge is 0.465 e. The maximum Gasteiger partial charge on any atom is 0.459 e. The first-order chi connectivity index (χ1) is 19.8. The van der Waals surface area contributed by atoms with Gasteiger partial charge in [0.15, 0.2) is 6.23 Å². The molecule has 12 nitrogen and oxygen atoms in total. The van der Waals surface area contributed by atoms with Crippen molar-refractivity contribution in [2.45, 2.75) is 44.4 Å². The van der Waals surface area contributed by atoms with Crippen molar-refractivity contribution in [1.82, 2.24) is 19.6 Å². The molecule has 0 amide bonds. The van der Waals surface area contributed by atoms with Gasteiger partial charge in [0.05, 0.1) is 18.9 Å². The van der Waals surface area contributed by atoms with Gasteiger partial charge in [-0.25, -0.2) is 14.5 Å². The molecule has 216 valence electrons. The van der Waals surface area contributed by atoms with Crippen LogP contribution in [-0.4, -0.2) is 68.3 Å². The molecular weight excluding hydrogens is 551 g/mol. The van der Waals surface area contributed by atoms with Gasteiger partial charge in [-0.3, -0.25) is 9.32 Å². The van der Waals surface area contributed by atoms with Crippen LogP contribution < -0.4 is 9.61 Å². The number of nitrogens with one attached hydrogen (secondary N) is 1. The highest BCUT2D eigenvalue weighted by Gasteiger charge is 2.46. The second-order valence-electron chi connectivity index (χ2n) is 9.40. The van der Waals surface area contributed by atoms with E-state index in [0.29, 0.717) is 11.3 Å². The van der Waals surface area contributed by atoms with Crippen LogP contribution in [0.3, 0.4) is 0 Å². The van der Waals surface area contributed by atoms with Crippen LogP contribution in [0.1, 0.15) is 20.1 Å². The number of nitrogens with zero attached hydrogens (tertiary/aromatic N) is 3. The van der Waals surface area contributed by atoms with Crippen molar-refractivity contribution in [1.29, 1.82) is 0 Å². The van der Waals surface area contributed by atoms with Crippen LogP contribution in [0.25, 0.3) is 22.3 Å². The standard InChI is InChI=1S/C28H31N4O8P/c1-3-37-28(35)18(2)31-41(36,40-20-12-8-5-9-13-20)38-16-22-24(33)25(34)27(39-22)32-15-14-21-23(29-17-30-26(21)32)19-10-6-4-7-11-19/h4-15,17-18,22,24-25,27,33-34H,3,16H2,1-2H3,(H,31,36)/t18-,22+,24+,25+,27+,41?/m0/s1. The normalized spacial score (nSPS) is 22.7. The van der Waals surface area contributed by atoms with Crippen LogP contribution in [0, 0.1) is 0 Å². The van der Waals surface area contributed by atoms with Gasteiger partial charge in [-0.05, 0) is 32.0 Å². The summed E-state index contributed by atoms with van der Waals surface area (Å²) in [5.74, 6) is -0.408. The van der Waals surface area contributed by atoms with Crippen LogP contribution in [0.15, 0.2) is 79.3 Å². The number of rotatable bonds is 11. The summed E-state index contributed by atoms with van der Waals surface area (Å²) in [4.78, 5) is 21.0. The number of hydrogen-bond acceptors (Lipinski definition) is 10. The summed E-state index contributed by atoms with van der Waals surface area (Å²) in [5.41, 5.74) is 2.11. The lowest BCUT2D eigenvalue weighted by atomic mass is 10.1. The third-order valence-electron chi connectivity index (χ3n) is 6.54. The first kappa shape index (κ1) is 28.9. The topological polar surface area (TPSA) is 154 Å². The average Bonchev–Trinajstić information content (AvgIpc) is 3.53. The van der Waals surface area contributed by atoms with Gasteiger partial charge in [0.2, 0.25) is 0 Å². The molecule has 0 aliphatic carbocycles. The Bertz CT molecular complexity index is 1520. The molecule has 0 radical (unpaired) electrons. The average molecular weight is 583 g/mol. The summed E-state index contributed by atoms with van der Waals surface area (Å²) in [5, 5.41) is 25.1. The van der Waals surface area contributed by atoms with E-state index in [9.17, 15) is 19.6 Å². The van der Waals surface area contributed by atoms with Crippen LogP contribution in [0.4, 0.5) is 0 Å². The van der Waals surface area contributed by atoms with Crippen molar-refractivity contribution < 1.29 is 38.1 Å². The Morgan fingerprint density at radius 2 is 1.78 bits per heavy atom. The zero-order valence-electron chi connectivity index (χ0n) is 22.4. The van der Waals surface area contributed by atoms with Gasteiger partial charge < -0.3 is 28.8 Å². The molecule has 13 heteroatoms. The first-order valence-electron chi connectivity index (χ1n) is 13.1. The third-order valence-corrected chi connectivity index (χ3v) is 8.18. The van der Waals surface area contributed by atoms with Gasteiger partial charge in [-0.2, -0.15) is 5.09 Å². The smallest absolute Gasteiger partial charge is 0.459 e. The lowest BCUT2D eigenvalue weighted by molar-refractivity contribution is -0.144. The summed E-state index contributed by atoms with van der Waals surface area (Å²) in [6.45, 7) is 2.84. The molecule has 1 aliphatic rings. The van der Waals surface area contributed by atoms with Crippen LogP contribution >= 0.6 is 7.75 Å². The van der Waals surface area contributed by atoms with Crippen molar-refractivity contribution >= 4 is 24.7 Å². The molecule has 1 saturated heterocycles. The van der Waals surface area contributed by atoms with Gasteiger partial charge in [0.25, 0.3) is 0 Å². The van der Waals surface area contributed by atoms with E-state index in [4.69, 9.17) is 18.5 Å². The Morgan fingerprint density at radius 3 is 2.49 bits per heavy atom. The van der Waals surface area contributed by atoms with E-state index in [-0.39, 0.29) is 12.4 Å². The SMILES string of the molecule is CCOC(=O)[C@H](C)NP(=O)(OC[C@H]1O[C@@H](n2ccc3c(-c4ccccc4)ncnc32)[C@H](O)[C@@H]1O)Oc1ccccc1. The Morgan fingerprint density at radius 1 is 1.07 bits per heavy atom. The number of esters is 1. The molecule has 1 fully saturated rings. The Kier molecular flexibility index (Phi) is 8.79. The van der Waals surface area contributed by atoms with E-state index >= 15 is 0 Å². The number of aliphatic hydroxyl groups excluding tert-OH is 2. The van der Waals surface area contributed by atoms with E-state index in [1.54, 1.807) is 48.0 Å². The van der Waals surface area contributed by atoms with E-state index in [1.165, 1.54) is 13.3 Å². The Hall–Kier alpha value is -3.64. The van der Waals surface area contributed by atoms with Crippen LogP contribution in [-0.2, 0) is 23.4 Å². The summed E-state index contributed by atoms with van der Waals surface area (Å²) in [6.07, 6.45) is -1.73. The number of ether oxygens (including phenoxy) is 2. The Balaban J connectivity index is 1.34. The molecule has 0 spiro atoms. The Labute approximate surface area is 236 Å². The number of para-hydroxylation sites is 1. The highest BCUT2D eigenvalue weighted by Crippen LogP contribution is 2.46. The maximum absolute atomic E-state index is 13.7. The quantitative estimate of drug-likeness (QED) is 0.176. The molecule has 5 rings (SSSR count). The van der Waals surface area contributed by atoms with Gasteiger partial charge in [-0.15, -0.1) is 0 Å². The number of aliphatic hydroxyl groups is 2. The first-order valence-corrected chi connectivity index (χ1v) is 14.7. The molecule has 3 heterocycles. The van der Waals surface area contributed by atoms with Crippen molar-refractivity contribution in [2.24, 2.45) is 0 Å². The lowest BCUT2D eigenvalue weighted by Gasteiger charge is -2.24. The molecule has 4 aromatic rings. The number of benzene rings is 2. The summed E-state index contributed by atoms with van der Waals surface area (Å²) < 4.78 is 37.6. The summed E-state index contributed by atoms with van der Waals surface area (Å²) >= 11 is 0. The van der Waals surface area contributed by atoms with Gasteiger partial charge >= 0.3 is 13.7 Å². The highest BCUT2D eigenvalue weighted by atomic mass is 31.2. The molecule has 2 aromatic heterocycles. The lowest BCUT2D eigenvalue weighted by Crippen LogP contribution is -2.37. The predicted molar refractivity (Wildman–Crippen MR) is 149 cm³/mol. The molecule has 41 heavy (non-hydrogen) atoms. The van der Waals surface area contributed by atoms with E-state index < -0.39 is 50.9 Å². The number of carbonyl (C=O) groups excluding carboxylic acids is 1. The van der Waals surface area contributed by atoms with Crippen molar-refractivity contribution in [3.05, 3.63) is 79.3 Å². The second-order valence-corrected chi connectivity index (χ2v) is 11.1. The fraction of sp³-hybridized carbons (Fsp3) is 0.321. The molecule has 1 unspecified atom stereocenters. The summed E-state index contributed by atoms with van der Waals surface area (Å²) in [7, 11) is -4.18. The number of carbonyl (C=O) groups is 1. The van der Waals surface area contributed by atoms with Crippen molar-refractivity contribution in [3.8, 4) is 17.0 Å². The monoisotopic (exact) mass is 582 g/mol. The summed E-state index contributed by atoms with van der Waals surface area (Å²) in [6, 6.07) is 18.7. The van der Waals surface area contributed by atoms with Crippen LogP contribution in [0.2, 0.25) is 0 Å². The second kappa shape index (κ2) is 12.5. The molecule has 6 atom stereocenters. The third kappa shape index (κ3) is 6.33. The molecule has 0 bridgehead atoms. The fourth-order valence-electron chi connectivity index (χ4n) is 4.54. The van der Waals surface area contributed by atoms with E-state index in [1.807, 2.05) is 36.4 Å². The highest BCUT2D eigenvalue weighted by molar-refractivity contribution is 7.52. The molecule has 3 N–H and O–H groups in total. The minimum Gasteiger partial charge on any atom is -0.465 e. The van der Waals surface area contributed by atoms with Gasteiger partial charge in [-0.1, -0.05) is 48.5 Å². The van der Waals surface area contributed by atoms with Gasteiger partial charge in [0.1, 0.15) is 42.1 Å². The van der Waals surface area contributed by atoms with Crippen molar-refractivity contribution in [3.63, 3.8) is 0 Å². The number of hydrogen-bond donors (Lipinski definition) is 3. The zero-order valence-corrected chi connectivity index (χ0v) is 23.3. The van der Waals surface area contributed by atoms with E-state index in [0.717, 1.165) is 10.9 Å². The van der Waals surface area contributed by atoms with Crippen molar-refractivity contribution in [2.75, 3.05) is 13.2 Å². The van der Waals surface area contributed by atoms with Gasteiger partial charge in [0, 0.05) is 17.1 Å². The molecule has 1 aliphatic heterocycles. The fourth-order valence-corrected chi connectivity index (χ4v) is 6.04. The molecule has 0 saturated carbocycles.